The highest BCUT2D eigenvalue weighted by atomic mass is 19.4. The largest absolute Gasteiger partial charge is 0.381 e. The van der Waals surface area contributed by atoms with Crippen molar-refractivity contribution in [1.29, 1.82) is 0 Å². The van der Waals surface area contributed by atoms with Crippen LogP contribution in [0.4, 0.5) is 26.3 Å². The molecule has 0 aliphatic heterocycles. The van der Waals surface area contributed by atoms with Crippen LogP contribution in [-0.2, 0) is 12.4 Å². The molecule has 0 N–H and O–H groups in total. The quantitative estimate of drug-likeness (QED) is 0.553. The molecule has 0 atom stereocenters. The van der Waals surface area contributed by atoms with Crippen molar-refractivity contribution in [3.8, 4) is 11.3 Å². The molecule has 20 heavy (non-hydrogen) atoms. The van der Waals surface area contributed by atoms with Crippen molar-refractivity contribution in [1.82, 2.24) is 4.98 Å². The molecule has 0 fully saturated rings. The molecular weight excluding hydrogens is 284 g/mol. The summed E-state index contributed by atoms with van der Waals surface area (Å²) in [5.74, 6) is 0. The highest BCUT2D eigenvalue weighted by Crippen LogP contribution is 2.39. The highest BCUT2D eigenvalue weighted by molar-refractivity contribution is 5.64. The van der Waals surface area contributed by atoms with E-state index in [-0.39, 0.29) is 11.8 Å². The maximum absolute atomic E-state index is 12.9. The minimum atomic E-state index is -4.93. The average molecular weight is 290 g/mol. The molecule has 0 aliphatic carbocycles. The molecule has 2 rings (SSSR count). The lowest BCUT2D eigenvalue weighted by atomic mass is 10.00. The van der Waals surface area contributed by atoms with Gasteiger partial charge in [-0.25, -0.2) is 0 Å². The number of halogens is 6. The van der Waals surface area contributed by atoms with E-state index in [1.54, 1.807) is 0 Å². The minimum absolute atomic E-state index is 0.0700. The number of rotatable bonds is 1. The standard InChI is InChI=1S/C13H6F6N/c14-12(15,16)8-4-5-9(10(7-8)13(17,18)19)11-3-1-2-6-20-11/h1-4,6-7H/q-1. The number of pyridine rings is 1. The Morgan fingerprint density at radius 3 is 2.15 bits per heavy atom. The molecule has 1 aromatic heterocycles. The van der Waals surface area contributed by atoms with Crippen molar-refractivity contribution >= 4 is 0 Å². The minimum Gasteiger partial charge on any atom is -0.305 e. The van der Waals surface area contributed by atoms with Gasteiger partial charge < -0.3 is 4.98 Å². The zero-order valence-corrected chi connectivity index (χ0v) is 9.68. The van der Waals surface area contributed by atoms with Gasteiger partial charge in [-0.2, -0.15) is 26.3 Å². The first-order valence-electron chi connectivity index (χ1n) is 5.31. The second kappa shape index (κ2) is 4.81. The van der Waals surface area contributed by atoms with Crippen LogP contribution in [0.25, 0.3) is 11.3 Å². The summed E-state index contributed by atoms with van der Waals surface area (Å²) < 4.78 is 76.1. The third-order valence-corrected chi connectivity index (χ3v) is 2.49. The summed E-state index contributed by atoms with van der Waals surface area (Å²) in [7, 11) is 0. The van der Waals surface area contributed by atoms with Crippen LogP contribution in [0.2, 0.25) is 0 Å². The fraction of sp³-hybridized carbons (Fsp3) is 0.154. The molecule has 1 heterocycles. The van der Waals surface area contributed by atoms with Gasteiger partial charge in [-0.3, -0.25) is 0 Å². The fourth-order valence-corrected chi connectivity index (χ4v) is 1.61. The Hall–Kier alpha value is -2.05. The van der Waals surface area contributed by atoms with Gasteiger partial charge in [-0.15, -0.1) is 23.8 Å². The van der Waals surface area contributed by atoms with Crippen molar-refractivity contribution in [2.24, 2.45) is 0 Å². The average Bonchev–Trinajstić information content (AvgIpc) is 2.37. The third-order valence-electron chi connectivity index (χ3n) is 2.49. The van der Waals surface area contributed by atoms with Crippen molar-refractivity contribution in [2.75, 3.05) is 0 Å². The maximum Gasteiger partial charge on any atom is 0.381 e. The van der Waals surface area contributed by atoms with Crippen molar-refractivity contribution in [2.45, 2.75) is 12.4 Å². The van der Waals surface area contributed by atoms with E-state index in [4.69, 9.17) is 0 Å². The number of hydrogen-bond acceptors (Lipinski definition) is 1. The molecule has 0 bridgehead atoms. The summed E-state index contributed by atoms with van der Waals surface area (Å²) in [5.41, 5.74) is -3.41. The number of benzene rings is 1. The molecule has 0 unspecified atom stereocenters. The summed E-state index contributed by atoms with van der Waals surface area (Å²) in [5, 5.41) is 0. The van der Waals surface area contributed by atoms with Crippen molar-refractivity contribution < 1.29 is 26.3 Å². The smallest absolute Gasteiger partial charge is 0.305 e. The first-order chi connectivity index (χ1) is 9.19. The van der Waals surface area contributed by atoms with E-state index in [0.717, 1.165) is 0 Å². The van der Waals surface area contributed by atoms with Gasteiger partial charge in [-0.05, 0) is 22.9 Å². The first-order valence-corrected chi connectivity index (χ1v) is 5.31. The number of hydrogen-bond donors (Lipinski definition) is 0. The Morgan fingerprint density at radius 2 is 1.65 bits per heavy atom. The van der Waals surface area contributed by atoms with E-state index in [9.17, 15) is 26.3 Å². The Bertz CT molecular complexity index is 600. The fourth-order valence-electron chi connectivity index (χ4n) is 1.61. The number of aromatic nitrogens is 1. The van der Waals surface area contributed by atoms with Gasteiger partial charge in [0.15, 0.2) is 0 Å². The zero-order valence-electron chi connectivity index (χ0n) is 9.68. The normalized spacial score (nSPS) is 12.5. The molecule has 106 valence electrons. The molecule has 0 aliphatic rings. The zero-order chi connectivity index (χ0) is 15.0. The molecule has 7 heteroatoms. The van der Waals surface area contributed by atoms with Crippen LogP contribution >= 0.6 is 0 Å². The Labute approximate surface area is 109 Å². The molecule has 1 nitrogen and oxygen atoms in total. The van der Waals surface area contributed by atoms with Crippen LogP contribution in [-0.4, -0.2) is 4.98 Å². The lowest BCUT2D eigenvalue weighted by molar-refractivity contribution is -0.142. The first kappa shape index (κ1) is 14.4. The lowest BCUT2D eigenvalue weighted by Gasteiger charge is -2.22. The van der Waals surface area contributed by atoms with Crippen LogP contribution in [0.1, 0.15) is 11.1 Å². The Kier molecular flexibility index (Phi) is 3.45. The van der Waals surface area contributed by atoms with Crippen LogP contribution < -0.4 is 0 Å². The summed E-state index contributed by atoms with van der Waals surface area (Å²) >= 11 is 0. The predicted molar refractivity (Wildman–Crippen MR) is 58.5 cm³/mol. The van der Waals surface area contributed by atoms with Gasteiger partial charge in [0.25, 0.3) is 0 Å². The lowest BCUT2D eigenvalue weighted by Crippen LogP contribution is -2.12. The van der Waals surface area contributed by atoms with E-state index in [0.29, 0.717) is 6.07 Å². The Balaban J connectivity index is 2.65. The van der Waals surface area contributed by atoms with E-state index in [2.05, 4.69) is 4.98 Å². The van der Waals surface area contributed by atoms with Crippen LogP contribution in [0.15, 0.2) is 36.5 Å². The maximum atomic E-state index is 12.9. The van der Waals surface area contributed by atoms with Crippen molar-refractivity contribution in [3.63, 3.8) is 0 Å². The molecular formula is C13H6F6N-. The van der Waals surface area contributed by atoms with Crippen LogP contribution in [0.3, 0.4) is 0 Å². The topological polar surface area (TPSA) is 12.9 Å². The van der Waals surface area contributed by atoms with Crippen LogP contribution in [0, 0.1) is 6.07 Å². The third kappa shape index (κ3) is 2.92. The molecule has 0 radical (unpaired) electrons. The van der Waals surface area contributed by atoms with Crippen molar-refractivity contribution in [3.05, 3.63) is 53.7 Å². The molecule has 0 saturated heterocycles. The van der Waals surface area contributed by atoms with Crippen LogP contribution in [0.5, 0.6) is 0 Å². The van der Waals surface area contributed by atoms with Gasteiger partial charge >= 0.3 is 12.4 Å². The summed E-state index contributed by atoms with van der Waals surface area (Å²) in [4.78, 5) is 3.70. The van der Waals surface area contributed by atoms with E-state index < -0.39 is 29.0 Å². The second-order valence-electron chi connectivity index (χ2n) is 3.89. The van der Waals surface area contributed by atoms with Gasteiger partial charge in [0, 0.05) is 6.20 Å². The van der Waals surface area contributed by atoms with Gasteiger partial charge in [-0.1, -0.05) is 12.1 Å². The molecule has 0 spiro atoms. The summed E-state index contributed by atoms with van der Waals surface area (Å²) in [6.07, 6.45) is -8.54. The summed E-state index contributed by atoms with van der Waals surface area (Å²) in [6, 6.07) is 6.79. The van der Waals surface area contributed by atoms with Gasteiger partial charge in [0.2, 0.25) is 0 Å². The number of nitrogens with zero attached hydrogens (tertiary/aromatic N) is 1. The number of alkyl halides is 6. The summed E-state index contributed by atoms with van der Waals surface area (Å²) in [6.45, 7) is 0. The SMILES string of the molecule is FC(F)(F)c1c[c-]c(-c2ccccn2)c(C(F)(F)F)c1. The highest BCUT2D eigenvalue weighted by Gasteiger charge is 2.33. The molecule has 0 saturated carbocycles. The monoisotopic (exact) mass is 290 g/mol. The van der Waals surface area contributed by atoms with E-state index in [1.165, 1.54) is 24.4 Å². The van der Waals surface area contributed by atoms with Gasteiger partial charge in [0.1, 0.15) is 0 Å². The Morgan fingerprint density at radius 1 is 0.950 bits per heavy atom. The molecule has 2 aromatic rings. The van der Waals surface area contributed by atoms with Gasteiger partial charge in [0.05, 0.1) is 0 Å². The second-order valence-corrected chi connectivity index (χ2v) is 3.89. The predicted octanol–water partition coefficient (Wildman–Crippen LogP) is 4.59. The van der Waals surface area contributed by atoms with E-state index in [1.807, 2.05) is 6.07 Å². The van der Waals surface area contributed by atoms with E-state index >= 15 is 0 Å². The molecule has 0 amide bonds. The molecule has 1 aromatic carbocycles.